The smallest absolute Gasteiger partial charge is 0.0730 e. The molecule has 1 aliphatic carbocycles. The number of hydrogen-bond acceptors (Lipinski definition) is 2. The van der Waals surface area contributed by atoms with Gasteiger partial charge >= 0.3 is 0 Å². The normalized spacial score (nSPS) is 15.4. The third-order valence-electron chi connectivity index (χ3n) is 8.54. The molecule has 206 valence electrons. The highest BCUT2D eigenvalue weighted by Crippen LogP contribution is 2.60. The molecule has 0 saturated heterocycles. The maximum absolute atomic E-state index is 2.53. The number of thiophene rings is 2. The van der Waals surface area contributed by atoms with Crippen LogP contribution in [0.3, 0.4) is 0 Å². The molecule has 0 nitrogen and oxygen atoms in total. The Balaban J connectivity index is 1.99. The third-order valence-corrected chi connectivity index (χ3v) is 10.5. The van der Waals surface area contributed by atoms with E-state index in [0.717, 1.165) is 0 Å². The van der Waals surface area contributed by atoms with E-state index in [1.165, 1.54) is 54.3 Å². The van der Waals surface area contributed by atoms with Crippen molar-refractivity contribution in [3.63, 3.8) is 0 Å². The van der Waals surface area contributed by atoms with E-state index in [9.17, 15) is 0 Å². The monoisotopic (exact) mass is 554 g/mol. The van der Waals surface area contributed by atoms with Crippen LogP contribution in [0.1, 0.15) is 128 Å². The van der Waals surface area contributed by atoms with Crippen LogP contribution in [0.4, 0.5) is 0 Å². The van der Waals surface area contributed by atoms with Crippen LogP contribution in [0.25, 0.3) is 9.75 Å². The zero-order valence-electron chi connectivity index (χ0n) is 26.1. The molecule has 0 saturated carbocycles. The van der Waals surface area contributed by atoms with Gasteiger partial charge in [0.2, 0.25) is 0 Å². The minimum absolute atomic E-state index is 0.0502. The lowest BCUT2D eigenvalue weighted by atomic mass is 9.64. The van der Waals surface area contributed by atoms with Gasteiger partial charge in [0.05, 0.1) is 5.41 Å². The standard InChI is InChI=1S/C37H46S2/c1-33(2,3)23-17-24(34(4,5)6)20-27(19-23)37(29-13-15-38-31(29)32-30(37)14-16-39-32)28-21-25(35(7,8)9)18-26(22-28)36(10,11)12/h13-22H,1-12H3. The Bertz CT molecular complexity index is 1350. The van der Waals surface area contributed by atoms with Gasteiger partial charge in [0, 0.05) is 9.75 Å². The molecule has 0 atom stereocenters. The van der Waals surface area contributed by atoms with Crippen LogP contribution in [-0.4, -0.2) is 0 Å². The van der Waals surface area contributed by atoms with Gasteiger partial charge in [-0.1, -0.05) is 119 Å². The van der Waals surface area contributed by atoms with E-state index in [1.54, 1.807) is 0 Å². The molecule has 2 heteroatoms. The van der Waals surface area contributed by atoms with Crippen LogP contribution >= 0.6 is 22.7 Å². The van der Waals surface area contributed by atoms with Gasteiger partial charge in [0.15, 0.2) is 0 Å². The van der Waals surface area contributed by atoms with Crippen LogP contribution in [-0.2, 0) is 27.1 Å². The van der Waals surface area contributed by atoms with E-state index >= 15 is 0 Å². The summed E-state index contributed by atoms with van der Waals surface area (Å²) in [5.41, 5.74) is 11.2. The molecule has 0 amide bonds. The lowest BCUT2D eigenvalue weighted by Crippen LogP contribution is -2.31. The fourth-order valence-corrected chi connectivity index (χ4v) is 8.01. The molecule has 0 bridgehead atoms. The van der Waals surface area contributed by atoms with Crippen molar-refractivity contribution in [2.45, 2.75) is 110 Å². The molecule has 0 radical (unpaired) electrons. The predicted molar refractivity (Wildman–Crippen MR) is 174 cm³/mol. The summed E-state index contributed by atoms with van der Waals surface area (Å²) in [4.78, 5) is 2.88. The Morgan fingerprint density at radius 1 is 0.436 bits per heavy atom. The van der Waals surface area contributed by atoms with Gasteiger partial charge in [-0.15, -0.1) is 22.7 Å². The average molecular weight is 555 g/mol. The number of fused-ring (bicyclic) bond motifs is 3. The Kier molecular flexibility index (Phi) is 6.49. The van der Waals surface area contributed by atoms with E-state index in [2.05, 4.69) is 142 Å². The summed E-state index contributed by atoms with van der Waals surface area (Å²) in [6.45, 7) is 28.2. The van der Waals surface area contributed by atoms with E-state index in [1.807, 2.05) is 22.7 Å². The lowest BCUT2D eigenvalue weighted by Gasteiger charge is -2.37. The minimum atomic E-state index is -0.340. The molecule has 0 spiro atoms. The summed E-state index contributed by atoms with van der Waals surface area (Å²) in [6, 6.07) is 19.9. The Morgan fingerprint density at radius 2 is 0.718 bits per heavy atom. The molecular formula is C37H46S2. The summed E-state index contributed by atoms with van der Waals surface area (Å²) in [5, 5.41) is 4.61. The van der Waals surface area contributed by atoms with Crippen molar-refractivity contribution < 1.29 is 0 Å². The van der Waals surface area contributed by atoms with Crippen LogP contribution in [0.2, 0.25) is 0 Å². The van der Waals surface area contributed by atoms with Crippen LogP contribution in [0.15, 0.2) is 59.3 Å². The van der Waals surface area contributed by atoms with Gasteiger partial charge < -0.3 is 0 Å². The molecule has 0 aliphatic heterocycles. The number of rotatable bonds is 2. The Morgan fingerprint density at radius 3 is 0.974 bits per heavy atom. The van der Waals surface area contributed by atoms with Crippen LogP contribution in [0, 0.1) is 0 Å². The topological polar surface area (TPSA) is 0 Å². The van der Waals surface area contributed by atoms with Crippen LogP contribution < -0.4 is 0 Å². The van der Waals surface area contributed by atoms with Crippen molar-refractivity contribution in [2.24, 2.45) is 0 Å². The highest BCUT2D eigenvalue weighted by atomic mass is 32.1. The second kappa shape index (κ2) is 8.92. The molecule has 1 aliphatic rings. The first-order valence-corrected chi connectivity index (χ1v) is 16.1. The molecule has 2 heterocycles. The van der Waals surface area contributed by atoms with E-state index in [-0.39, 0.29) is 27.1 Å². The zero-order valence-corrected chi connectivity index (χ0v) is 27.7. The van der Waals surface area contributed by atoms with E-state index in [0.29, 0.717) is 0 Å². The molecule has 5 rings (SSSR count). The summed E-state index contributed by atoms with van der Waals surface area (Å²) in [5.74, 6) is 0. The average Bonchev–Trinajstić information content (AvgIpc) is 3.51. The largest absolute Gasteiger partial charge is 0.143 e. The second-order valence-corrected chi connectivity index (χ2v) is 17.5. The quantitative estimate of drug-likeness (QED) is 0.203. The van der Waals surface area contributed by atoms with Crippen molar-refractivity contribution in [3.05, 3.63) is 104 Å². The van der Waals surface area contributed by atoms with Crippen molar-refractivity contribution in [2.75, 3.05) is 0 Å². The Hall–Kier alpha value is -2.16. The summed E-state index contributed by atoms with van der Waals surface area (Å²) in [7, 11) is 0. The van der Waals surface area contributed by atoms with Crippen molar-refractivity contribution in [1.82, 2.24) is 0 Å². The molecule has 0 fully saturated rings. The van der Waals surface area contributed by atoms with Gasteiger partial charge in [-0.25, -0.2) is 0 Å². The molecule has 0 N–H and O–H groups in total. The molecule has 2 aromatic carbocycles. The Labute approximate surface area is 245 Å². The van der Waals surface area contributed by atoms with Gasteiger partial charge in [-0.05, 0) is 89.1 Å². The summed E-state index contributed by atoms with van der Waals surface area (Å²) in [6.07, 6.45) is 0. The van der Waals surface area contributed by atoms with Gasteiger partial charge in [0.1, 0.15) is 0 Å². The SMILES string of the molecule is CC(C)(C)c1cc(C(C)(C)C)cc(C2(c3cc(C(C)(C)C)cc(C(C)(C)C)c3)c3ccsc3-c3sccc32)c1. The highest BCUT2D eigenvalue weighted by molar-refractivity contribution is 7.21. The fourth-order valence-electron chi connectivity index (χ4n) is 5.91. The van der Waals surface area contributed by atoms with Gasteiger partial charge in [0.25, 0.3) is 0 Å². The third kappa shape index (κ3) is 4.66. The number of hydrogen-bond donors (Lipinski definition) is 0. The van der Waals surface area contributed by atoms with Gasteiger partial charge in [-0.2, -0.15) is 0 Å². The molecular weight excluding hydrogens is 509 g/mol. The molecule has 39 heavy (non-hydrogen) atoms. The number of benzene rings is 2. The fraction of sp³-hybridized carbons (Fsp3) is 0.459. The first-order chi connectivity index (χ1) is 17.8. The maximum Gasteiger partial charge on any atom is 0.0730 e. The predicted octanol–water partition coefficient (Wildman–Crippen LogP) is 11.4. The van der Waals surface area contributed by atoms with Gasteiger partial charge in [-0.3, -0.25) is 0 Å². The second-order valence-electron chi connectivity index (χ2n) is 15.7. The molecule has 2 aromatic heterocycles. The van der Waals surface area contributed by atoms with Crippen molar-refractivity contribution in [3.8, 4) is 9.75 Å². The van der Waals surface area contributed by atoms with E-state index in [4.69, 9.17) is 0 Å². The molecule has 4 aromatic rings. The zero-order chi connectivity index (χ0) is 28.8. The summed E-state index contributed by atoms with van der Waals surface area (Å²) >= 11 is 3.80. The van der Waals surface area contributed by atoms with Crippen LogP contribution in [0.5, 0.6) is 0 Å². The minimum Gasteiger partial charge on any atom is -0.143 e. The molecule has 0 unspecified atom stereocenters. The highest BCUT2D eigenvalue weighted by Gasteiger charge is 2.49. The van der Waals surface area contributed by atoms with Crippen molar-refractivity contribution >= 4 is 22.7 Å². The van der Waals surface area contributed by atoms with Crippen molar-refractivity contribution in [1.29, 1.82) is 0 Å². The lowest BCUT2D eigenvalue weighted by molar-refractivity contribution is 0.560. The van der Waals surface area contributed by atoms with E-state index < -0.39 is 0 Å². The first kappa shape index (κ1) is 28.4. The maximum atomic E-state index is 2.53. The summed E-state index contributed by atoms with van der Waals surface area (Å²) < 4.78 is 0. The first-order valence-electron chi connectivity index (χ1n) is 14.3.